The van der Waals surface area contributed by atoms with E-state index in [9.17, 15) is 4.39 Å². The second kappa shape index (κ2) is 6.32. The monoisotopic (exact) mass is 309 g/mol. The molecule has 3 rings (SSSR count). The van der Waals surface area contributed by atoms with Crippen LogP contribution in [0.25, 0.3) is 11.0 Å². The number of aromatic nitrogens is 2. The Bertz CT molecular complexity index is 617. The highest BCUT2D eigenvalue weighted by Gasteiger charge is 2.17. The lowest BCUT2D eigenvalue weighted by atomic mass is 10.1. The van der Waals surface area contributed by atoms with Crippen LogP contribution in [0.5, 0.6) is 0 Å². The Labute approximate surface area is 129 Å². The molecule has 1 aromatic carbocycles. The van der Waals surface area contributed by atoms with Crippen molar-refractivity contribution in [1.82, 2.24) is 14.5 Å². The lowest BCUT2D eigenvalue weighted by molar-refractivity contribution is 0.221. The van der Waals surface area contributed by atoms with E-state index in [-0.39, 0.29) is 11.2 Å². The Morgan fingerprint density at radius 1 is 1.24 bits per heavy atom. The first-order chi connectivity index (χ1) is 10.1. The number of likely N-dealkylation sites (tertiary alicyclic amines) is 1. The zero-order valence-electron chi connectivity index (χ0n) is 12.4. The normalized spacial score (nSPS) is 18.2. The average Bonchev–Trinajstić information content (AvgIpc) is 2.84. The minimum atomic E-state index is -0.226. The summed E-state index contributed by atoms with van der Waals surface area (Å²) in [5, 5.41) is -0.179. The van der Waals surface area contributed by atoms with Crippen LogP contribution in [0.15, 0.2) is 18.2 Å². The smallest absolute Gasteiger partial charge is 0.127 e. The number of benzene rings is 1. The van der Waals surface area contributed by atoms with Crippen molar-refractivity contribution >= 4 is 22.6 Å². The first kappa shape index (κ1) is 14.8. The van der Waals surface area contributed by atoms with Gasteiger partial charge in [-0.25, -0.2) is 9.37 Å². The van der Waals surface area contributed by atoms with Gasteiger partial charge >= 0.3 is 0 Å². The van der Waals surface area contributed by atoms with Gasteiger partial charge in [0.25, 0.3) is 0 Å². The molecule has 0 N–H and O–H groups in total. The largest absolute Gasteiger partial charge is 0.325 e. The highest BCUT2D eigenvalue weighted by Crippen LogP contribution is 2.25. The Kier molecular flexibility index (Phi) is 4.45. The summed E-state index contributed by atoms with van der Waals surface area (Å²) in [7, 11) is 0. The Hall–Kier alpha value is -1.13. The van der Waals surface area contributed by atoms with E-state index in [2.05, 4.69) is 14.5 Å². The van der Waals surface area contributed by atoms with Crippen LogP contribution in [0.1, 0.15) is 37.4 Å². The molecule has 21 heavy (non-hydrogen) atoms. The molecule has 1 unspecified atom stereocenters. The van der Waals surface area contributed by atoms with E-state index in [4.69, 9.17) is 11.6 Å². The number of rotatable bonds is 4. The van der Waals surface area contributed by atoms with Crippen molar-refractivity contribution in [2.24, 2.45) is 0 Å². The van der Waals surface area contributed by atoms with E-state index >= 15 is 0 Å². The van der Waals surface area contributed by atoms with E-state index in [0.717, 1.165) is 43.0 Å². The van der Waals surface area contributed by atoms with E-state index in [0.29, 0.717) is 0 Å². The molecule has 3 nitrogen and oxygen atoms in total. The molecule has 0 spiro atoms. The first-order valence-corrected chi connectivity index (χ1v) is 8.11. The summed E-state index contributed by atoms with van der Waals surface area (Å²) in [6.07, 6.45) is 3.88. The summed E-state index contributed by atoms with van der Waals surface area (Å²) >= 11 is 6.25. The van der Waals surface area contributed by atoms with Crippen molar-refractivity contribution < 1.29 is 4.39 Å². The summed E-state index contributed by atoms with van der Waals surface area (Å²) in [6.45, 7) is 6.01. The van der Waals surface area contributed by atoms with Gasteiger partial charge in [0.1, 0.15) is 11.6 Å². The minimum Gasteiger partial charge on any atom is -0.325 e. The summed E-state index contributed by atoms with van der Waals surface area (Å²) in [6, 6.07) is 4.74. The topological polar surface area (TPSA) is 21.1 Å². The summed E-state index contributed by atoms with van der Waals surface area (Å²) in [5.41, 5.74) is 1.66. The van der Waals surface area contributed by atoms with Crippen molar-refractivity contribution in [3.05, 3.63) is 29.8 Å². The zero-order valence-corrected chi connectivity index (χ0v) is 13.1. The highest BCUT2D eigenvalue weighted by molar-refractivity contribution is 6.20. The standard InChI is InChI=1S/C16H21ClFN3/c1-12(17)16-19-14-6-5-13(18)11-15(14)21(16)10-9-20-7-3-2-4-8-20/h5-6,11-12H,2-4,7-10H2,1H3. The van der Waals surface area contributed by atoms with Gasteiger partial charge in [-0.1, -0.05) is 6.42 Å². The van der Waals surface area contributed by atoms with Gasteiger partial charge in [0, 0.05) is 13.1 Å². The summed E-state index contributed by atoms with van der Waals surface area (Å²) in [4.78, 5) is 7.03. The average molecular weight is 310 g/mol. The fraction of sp³-hybridized carbons (Fsp3) is 0.562. The Morgan fingerprint density at radius 2 is 2.00 bits per heavy atom. The van der Waals surface area contributed by atoms with Crippen LogP contribution < -0.4 is 0 Å². The molecule has 0 radical (unpaired) electrons. The molecule has 1 fully saturated rings. The third kappa shape index (κ3) is 3.22. The molecule has 0 bridgehead atoms. The molecular weight excluding hydrogens is 289 g/mol. The van der Waals surface area contributed by atoms with Gasteiger partial charge in [-0.3, -0.25) is 0 Å². The van der Waals surface area contributed by atoms with Crippen molar-refractivity contribution in [2.45, 2.75) is 38.1 Å². The quantitative estimate of drug-likeness (QED) is 0.797. The lowest BCUT2D eigenvalue weighted by Gasteiger charge is -2.27. The molecule has 2 aromatic rings. The summed E-state index contributed by atoms with van der Waals surface area (Å²) in [5.74, 6) is 0.602. The van der Waals surface area contributed by atoms with E-state index in [1.165, 1.54) is 25.3 Å². The van der Waals surface area contributed by atoms with Gasteiger partial charge in [0.05, 0.1) is 16.4 Å². The number of piperidine rings is 1. The van der Waals surface area contributed by atoms with Gasteiger partial charge < -0.3 is 9.47 Å². The number of nitrogens with zero attached hydrogens (tertiary/aromatic N) is 3. The molecular formula is C16H21ClFN3. The lowest BCUT2D eigenvalue weighted by Crippen LogP contribution is -2.32. The molecule has 1 atom stereocenters. The SMILES string of the molecule is CC(Cl)c1nc2ccc(F)cc2n1CCN1CCCCC1. The second-order valence-electron chi connectivity index (χ2n) is 5.77. The van der Waals surface area contributed by atoms with Crippen molar-refractivity contribution in [1.29, 1.82) is 0 Å². The van der Waals surface area contributed by atoms with Crippen LogP contribution in [0, 0.1) is 5.82 Å². The van der Waals surface area contributed by atoms with Gasteiger partial charge in [0.15, 0.2) is 0 Å². The van der Waals surface area contributed by atoms with E-state index in [1.54, 1.807) is 12.1 Å². The molecule has 1 aliphatic rings. The van der Waals surface area contributed by atoms with E-state index in [1.807, 2.05) is 6.92 Å². The summed E-state index contributed by atoms with van der Waals surface area (Å²) < 4.78 is 15.6. The van der Waals surface area contributed by atoms with Crippen molar-refractivity contribution in [3.8, 4) is 0 Å². The fourth-order valence-corrected chi connectivity index (χ4v) is 3.24. The van der Waals surface area contributed by atoms with Gasteiger partial charge in [-0.15, -0.1) is 11.6 Å². The molecule has 5 heteroatoms. The van der Waals surface area contributed by atoms with Gasteiger partial charge in [-0.2, -0.15) is 0 Å². The Morgan fingerprint density at radius 3 is 2.71 bits per heavy atom. The maximum atomic E-state index is 13.5. The second-order valence-corrected chi connectivity index (χ2v) is 6.43. The predicted octanol–water partition coefficient (Wildman–Crippen LogP) is 3.96. The number of hydrogen-bond acceptors (Lipinski definition) is 2. The van der Waals surface area contributed by atoms with Gasteiger partial charge in [-0.05, 0) is 51.1 Å². The minimum absolute atomic E-state index is 0.179. The fourth-order valence-electron chi connectivity index (χ4n) is 3.08. The number of fused-ring (bicyclic) bond motifs is 1. The maximum absolute atomic E-state index is 13.5. The molecule has 2 heterocycles. The molecule has 0 amide bonds. The maximum Gasteiger partial charge on any atom is 0.127 e. The number of imidazole rings is 1. The van der Waals surface area contributed by atoms with Crippen molar-refractivity contribution in [2.75, 3.05) is 19.6 Å². The molecule has 0 aliphatic carbocycles. The van der Waals surface area contributed by atoms with Crippen LogP contribution in [-0.2, 0) is 6.54 Å². The Balaban J connectivity index is 1.87. The van der Waals surface area contributed by atoms with Gasteiger partial charge in [0.2, 0.25) is 0 Å². The molecule has 1 aromatic heterocycles. The molecule has 114 valence electrons. The van der Waals surface area contributed by atoms with Crippen LogP contribution in [0.2, 0.25) is 0 Å². The third-order valence-corrected chi connectivity index (χ3v) is 4.38. The van der Waals surface area contributed by atoms with Crippen LogP contribution in [-0.4, -0.2) is 34.1 Å². The zero-order chi connectivity index (χ0) is 14.8. The third-order valence-electron chi connectivity index (χ3n) is 4.18. The first-order valence-electron chi connectivity index (χ1n) is 7.67. The highest BCUT2D eigenvalue weighted by atomic mass is 35.5. The van der Waals surface area contributed by atoms with Crippen LogP contribution in [0.3, 0.4) is 0 Å². The molecule has 1 aliphatic heterocycles. The number of hydrogen-bond donors (Lipinski definition) is 0. The van der Waals surface area contributed by atoms with Crippen LogP contribution in [0.4, 0.5) is 4.39 Å². The predicted molar refractivity (Wildman–Crippen MR) is 84.3 cm³/mol. The van der Waals surface area contributed by atoms with E-state index < -0.39 is 0 Å². The molecule has 0 saturated carbocycles. The van der Waals surface area contributed by atoms with Crippen molar-refractivity contribution in [3.63, 3.8) is 0 Å². The number of alkyl halides is 1. The van der Waals surface area contributed by atoms with Crippen LogP contribution >= 0.6 is 11.6 Å². The molecule has 1 saturated heterocycles. The number of halogens is 2.